The van der Waals surface area contributed by atoms with E-state index in [-0.39, 0.29) is 5.56 Å². The zero-order valence-electron chi connectivity index (χ0n) is 17.5. The number of methoxy groups -OCH3 is 1. The number of rotatable bonds is 10. The van der Waals surface area contributed by atoms with Gasteiger partial charge in [0.25, 0.3) is 5.56 Å². The Hall–Kier alpha value is -2.95. The van der Waals surface area contributed by atoms with Gasteiger partial charge in [0, 0.05) is 30.9 Å². The first-order chi connectivity index (χ1) is 14.2. The molecular weight excluding hydrogens is 364 g/mol. The van der Waals surface area contributed by atoms with Crippen molar-refractivity contribution in [3.8, 4) is 11.5 Å². The van der Waals surface area contributed by atoms with Crippen LogP contribution in [0.25, 0.3) is 10.8 Å². The third-order valence-corrected chi connectivity index (χ3v) is 5.17. The number of aromatic nitrogens is 1. The van der Waals surface area contributed by atoms with Crippen LogP contribution in [0.3, 0.4) is 0 Å². The number of fused-ring (bicyclic) bond motifs is 1. The van der Waals surface area contributed by atoms with Gasteiger partial charge in [-0.1, -0.05) is 31.9 Å². The maximum Gasteiger partial charge on any atom is 0.258 e. The van der Waals surface area contributed by atoms with Crippen molar-refractivity contribution in [1.82, 2.24) is 4.57 Å². The molecule has 0 radical (unpaired) electrons. The average Bonchev–Trinajstić information content (AvgIpc) is 2.76. The van der Waals surface area contributed by atoms with Gasteiger partial charge in [0.2, 0.25) is 0 Å². The second-order valence-corrected chi connectivity index (χ2v) is 7.12. The Balaban J connectivity index is 1.83. The molecule has 29 heavy (non-hydrogen) atoms. The number of ether oxygens (including phenoxy) is 2. The molecule has 3 rings (SSSR count). The van der Waals surface area contributed by atoms with E-state index in [4.69, 9.17) is 9.47 Å². The summed E-state index contributed by atoms with van der Waals surface area (Å²) < 4.78 is 13.2. The number of aryl methyl sites for hydroxylation is 2. The number of hydrogen-bond acceptors (Lipinski definition) is 4. The summed E-state index contributed by atoms with van der Waals surface area (Å²) in [5.74, 6) is 1.32. The molecule has 1 N–H and O–H groups in total. The van der Waals surface area contributed by atoms with Crippen molar-refractivity contribution in [3.63, 3.8) is 0 Å². The van der Waals surface area contributed by atoms with Gasteiger partial charge in [0.15, 0.2) is 11.5 Å². The minimum atomic E-state index is -0.00425. The van der Waals surface area contributed by atoms with Crippen LogP contribution in [0.15, 0.2) is 53.5 Å². The van der Waals surface area contributed by atoms with Crippen molar-refractivity contribution in [2.24, 2.45) is 0 Å². The maximum atomic E-state index is 13.0. The van der Waals surface area contributed by atoms with Crippen LogP contribution < -0.4 is 20.3 Å². The Morgan fingerprint density at radius 3 is 2.48 bits per heavy atom. The largest absolute Gasteiger partial charge is 0.493 e. The molecular formula is C24H30N2O3. The number of anilines is 1. The molecule has 5 nitrogen and oxygen atoms in total. The van der Waals surface area contributed by atoms with Crippen molar-refractivity contribution in [3.05, 3.63) is 64.6 Å². The van der Waals surface area contributed by atoms with Gasteiger partial charge in [-0.05, 0) is 48.7 Å². The van der Waals surface area contributed by atoms with Gasteiger partial charge in [-0.15, -0.1) is 0 Å². The average molecular weight is 395 g/mol. The predicted molar refractivity (Wildman–Crippen MR) is 119 cm³/mol. The van der Waals surface area contributed by atoms with Crippen LogP contribution in [0.5, 0.6) is 11.5 Å². The smallest absolute Gasteiger partial charge is 0.258 e. The molecule has 0 atom stereocenters. The molecule has 0 fully saturated rings. The highest BCUT2D eigenvalue weighted by Crippen LogP contribution is 2.34. The molecule has 0 amide bonds. The van der Waals surface area contributed by atoms with E-state index in [1.807, 2.05) is 43.6 Å². The monoisotopic (exact) mass is 394 g/mol. The summed E-state index contributed by atoms with van der Waals surface area (Å²) in [7, 11) is 3.53. The first-order valence-electron chi connectivity index (χ1n) is 10.3. The standard InChI is InChI=1S/C24H30N2O3/c1-4-5-6-17-29-23-20-14-16-26(24(27)21(20)11-12-22(23)28-3)15-13-18-7-9-19(25-2)10-8-18/h7-12,14,16,25H,4-6,13,15,17H2,1-3H3. The lowest BCUT2D eigenvalue weighted by molar-refractivity contribution is 0.289. The third kappa shape index (κ3) is 4.91. The van der Waals surface area contributed by atoms with Crippen LogP contribution in [0.1, 0.15) is 31.7 Å². The van der Waals surface area contributed by atoms with Gasteiger partial charge < -0.3 is 19.4 Å². The topological polar surface area (TPSA) is 52.5 Å². The van der Waals surface area contributed by atoms with Crippen LogP contribution in [0.4, 0.5) is 5.69 Å². The molecule has 0 saturated heterocycles. The fraction of sp³-hybridized carbons (Fsp3) is 0.375. The number of unbranched alkanes of at least 4 members (excludes halogenated alkanes) is 2. The van der Waals surface area contributed by atoms with Gasteiger partial charge in [0.1, 0.15) is 0 Å². The van der Waals surface area contributed by atoms with E-state index >= 15 is 0 Å². The minimum absolute atomic E-state index is 0.00425. The summed E-state index contributed by atoms with van der Waals surface area (Å²) in [6, 6.07) is 13.9. The highest BCUT2D eigenvalue weighted by Gasteiger charge is 2.13. The summed E-state index contributed by atoms with van der Waals surface area (Å²) in [4.78, 5) is 13.0. The van der Waals surface area contributed by atoms with E-state index in [1.165, 1.54) is 5.56 Å². The van der Waals surface area contributed by atoms with Gasteiger partial charge in [-0.2, -0.15) is 0 Å². The highest BCUT2D eigenvalue weighted by molar-refractivity contribution is 5.90. The number of nitrogens with one attached hydrogen (secondary N) is 1. The second kappa shape index (κ2) is 10.0. The van der Waals surface area contributed by atoms with Crippen LogP contribution in [-0.2, 0) is 13.0 Å². The molecule has 1 heterocycles. The third-order valence-electron chi connectivity index (χ3n) is 5.17. The van der Waals surface area contributed by atoms with E-state index in [0.717, 1.165) is 36.8 Å². The molecule has 0 spiro atoms. The first kappa shape index (κ1) is 20.8. The molecule has 0 aliphatic heterocycles. The lowest BCUT2D eigenvalue weighted by Crippen LogP contribution is -2.20. The highest BCUT2D eigenvalue weighted by atomic mass is 16.5. The zero-order chi connectivity index (χ0) is 20.6. The molecule has 3 aromatic rings. The Kier molecular flexibility index (Phi) is 7.17. The van der Waals surface area contributed by atoms with E-state index in [0.29, 0.717) is 30.0 Å². The van der Waals surface area contributed by atoms with Crippen LogP contribution in [0, 0.1) is 0 Å². The molecule has 0 bridgehead atoms. The van der Waals surface area contributed by atoms with Crippen LogP contribution >= 0.6 is 0 Å². The Morgan fingerprint density at radius 2 is 1.79 bits per heavy atom. The van der Waals surface area contributed by atoms with Gasteiger partial charge in [-0.3, -0.25) is 4.79 Å². The normalized spacial score (nSPS) is 10.9. The second-order valence-electron chi connectivity index (χ2n) is 7.12. The van der Waals surface area contributed by atoms with Crippen molar-refractivity contribution >= 4 is 16.5 Å². The molecule has 0 unspecified atom stereocenters. The quantitative estimate of drug-likeness (QED) is 0.499. The van der Waals surface area contributed by atoms with Crippen molar-refractivity contribution < 1.29 is 9.47 Å². The van der Waals surface area contributed by atoms with E-state index in [2.05, 4.69) is 24.4 Å². The molecule has 0 aliphatic carbocycles. The summed E-state index contributed by atoms with van der Waals surface area (Å²) in [6.45, 7) is 3.41. The fourth-order valence-electron chi connectivity index (χ4n) is 3.42. The number of hydrogen-bond donors (Lipinski definition) is 1. The van der Waals surface area contributed by atoms with Crippen LogP contribution in [0.2, 0.25) is 0 Å². The minimum Gasteiger partial charge on any atom is -0.493 e. The van der Waals surface area contributed by atoms with Gasteiger partial charge >= 0.3 is 0 Å². The number of nitrogens with zero attached hydrogens (tertiary/aromatic N) is 1. The van der Waals surface area contributed by atoms with Crippen molar-refractivity contribution in [2.75, 3.05) is 26.1 Å². The first-order valence-corrected chi connectivity index (χ1v) is 10.3. The molecule has 0 saturated carbocycles. The van der Waals surface area contributed by atoms with Crippen molar-refractivity contribution in [2.45, 2.75) is 39.2 Å². The number of benzene rings is 2. The molecule has 5 heteroatoms. The Labute approximate surface area is 172 Å². The number of pyridine rings is 1. The molecule has 2 aromatic carbocycles. The molecule has 154 valence electrons. The lowest BCUT2D eigenvalue weighted by Gasteiger charge is -2.14. The predicted octanol–water partition coefficient (Wildman–Crippen LogP) is 4.86. The summed E-state index contributed by atoms with van der Waals surface area (Å²) in [5.41, 5.74) is 2.28. The zero-order valence-corrected chi connectivity index (χ0v) is 17.5. The van der Waals surface area contributed by atoms with Crippen molar-refractivity contribution in [1.29, 1.82) is 0 Å². The maximum absolute atomic E-state index is 13.0. The van der Waals surface area contributed by atoms with E-state index < -0.39 is 0 Å². The Bertz CT molecular complexity index is 993. The van der Waals surface area contributed by atoms with Crippen LogP contribution in [-0.4, -0.2) is 25.3 Å². The fourth-order valence-corrected chi connectivity index (χ4v) is 3.42. The van der Waals surface area contributed by atoms with E-state index in [1.54, 1.807) is 11.7 Å². The summed E-state index contributed by atoms with van der Waals surface area (Å²) >= 11 is 0. The molecule has 1 aromatic heterocycles. The Morgan fingerprint density at radius 1 is 1.00 bits per heavy atom. The van der Waals surface area contributed by atoms with E-state index in [9.17, 15) is 4.79 Å². The summed E-state index contributed by atoms with van der Waals surface area (Å²) in [6.07, 6.45) is 5.89. The molecule has 0 aliphatic rings. The SMILES string of the molecule is CCCCCOc1c(OC)ccc2c(=O)n(CCc3ccc(NC)cc3)ccc12. The van der Waals surface area contributed by atoms with Gasteiger partial charge in [0.05, 0.1) is 19.1 Å². The summed E-state index contributed by atoms with van der Waals surface area (Å²) in [5, 5.41) is 4.58. The van der Waals surface area contributed by atoms with Gasteiger partial charge in [-0.25, -0.2) is 0 Å². The lowest BCUT2D eigenvalue weighted by atomic mass is 10.1.